The third-order valence-electron chi connectivity index (χ3n) is 1.86. The molecular formula is C11H9ClN2. The fraction of sp³-hybridized carbons (Fsp3) is 0. The number of benzene rings is 1. The van der Waals surface area contributed by atoms with Crippen LogP contribution < -0.4 is 0 Å². The SMILES string of the molecule is Clc1ccccc1/C=C/n1ccnc1. The number of rotatable bonds is 2. The van der Waals surface area contributed by atoms with Crippen molar-refractivity contribution in [1.29, 1.82) is 0 Å². The van der Waals surface area contributed by atoms with Crippen LogP contribution in [0.25, 0.3) is 12.3 Å². The van der Waals surface area contributed by atoms with Crippen molar-refractivity contribution in [2.75, 3.05) is 0 Å². The Bertz CT molecular complexity index is 432. The van der Waals surface area contributed by atoms with E-state index in [-0.39, 0.29) is 0 Å². The summed E-state index contributed by atoms with van der Waals surface area (Å²) in [6.07, 6.45) is 9.19. The van der Waals surface area contributed by atoms with E-state index in [1.54, 1.807) is 12.5 Å². The van der Waals surface area contributed by atoms with Gasteiger partial charge >= 0.3 is 0 Å². The van der Waals surface area contributed by atoms with Gasteiger partial charge in [-0.3, -0.25) is 0 Å². The van der Waals surface area contributed by atoms with Gasteiger partial charge in [-0.25, -0.2) is 4.98 Å². The Balaban J connectivity index is 2.23. The molecule has 1 heterocycles. The predicted molar refractivity (Wildman–Crippen MR) is 58.9 cm³/mol. The summed E-state index contributed by atoms with van der Waals surface area (Å²) < 4.78 is 1.86. The van der Waals surface area contributed by atoms with Gasteiger partial charge in [-0.2, -0.15) is 0 Å². The molecule has 0 aliphatic carbocycles. The predicted octanol–water partition coefficient (Wildman–Crippen LogP) is 3.16. The van der Waals surface area contributed by atoms with E-state index >= 15 is 0 Å². The molecule has 70 valence electrons. The summed E-state index contributed by atoms with van der Waals surface area (Å²) in [4.78, 5) is 3.94. The van der Waals surface area contributed by atoms with Crippen LogP contribution in [-0.2, 0) is 0 Å². The molecule has 0 saturated carbocycles. The van der Waals surface area contributed by atoms with E-state index in [1.165, 1.54) is 0 Å². The number of hydrogen-bond donors (Lipinski definition) is 0. The van der Waals surface area contributed by atoms with Crippen molar-refractivity contribution in [2.24, 2.45) is 0 Å². The van der Waals surface area contributed by atoms with Crippen molar-refractivity contribution in [3.8, 4) is 0 Å². The van der Waals surface area contributed by atoms with Crippen molar-refractivity contribution in [3.05, 3.63) is 53.6 Å². The summed E-state index contributed by atoms with van der Waals surface area (Å²) in [5.74, 6) is 0. The lowest BCUT2D eigenvalue weighted by Gasteiger charge is -1.96. The molecule has 0 radical (unpaired) electrons. The van der Waals surface area contributed by atoms with Crippen LogP contribution in [0, 0.1) is 0 Å². The summed E-state index contributed by atoms with van der Waals surface area (Å²) in [5.41, 5.74) is 1.00. The van der Waals surface area contributed by atoms with Crippen molar-refractivity contribution >= 4 is 23.9 Å². The molecule has 0 fully saturated rings. The van der Waals surface area contributed by atoms with Crippen LogP contribution in [0.15, 0.2) is 43.0 Å². The van der Waals surface area contributed by atoms with Gasteiger partial charge in [0, 0.05) is 23.6 Å². The molecule has 0 atom stereocenters. The van der Waals surface area contributed by atoms with E-state index in [4.69, 9.17) is 11.6 Å². The molecule has 14 heavy (non-hydrogen) atoms. The van der Waals surface area contributed by atoms with Crippen LogP contribution in [0.1, 0.15) is 5.56 Å². The number of hydrogen-bond acceptors (Lipinski definition) is 1. The summed E-state index contributed by atoms with van der Waals surface area (Å²) in [6.45, 7) is 0. The van der Waals surface area contributed by atoms with E-state index in [9.17, 15) is 0 Å². The first-order chi connectivity index (χ1) is 6.86. The third kappa shape index (κ3) is 2.03. The normalized spacial score (nSPS) is 10.9. The number of halogens is 1. The van der Waals surface area contributed by atoms with Crippen LogP contribution in [0.5, 0.6) is 0 Å². The molecule has 0 amide bonds. The molecule has 0 saturated heterocycles. The second-order valence-electron chi connectivity index (χ2n) is 2.85. The summed E-state index contributed by atoms with van der Waals surface area (Å²) in [7, 11) is 0. The standard InChI is InChI=1S/C11H9ClN2/c12-11-4-2-1-3-10(11)5-7-14-8-6-13-9-14/h1-9H/b7-5+. The van der Waals surface area contributed by atoms with E-state index in [1.807, 2.05) is 47.3 Å². The first-order valence-electron chi connectivity index (χ1n) is 4.26. The zero-order valence-corrected chi connectivity index (χ0v) is 8.22. The molecule has 2 nitrogen and oxygen atoms in total. The average Bonchev–Trinajstić information content (AvgIpc) is 2.69. The third-order valence-corrected chi connectivity index (χ3v) is 2.20. The lowest BCUT2D eigenvalue weighted by molar-refractivity contribution is 1.14. The van der Waals surface area contributed by atoms with Crippen molar-refractivity contribution < 1.29 is 0 Å². The van der Waals surface area contributed by atoms with Gasteiger partial charge in [0.2, 0.25) is 0 Å². The fourth-order valence-electron chi connectivity index (χ4n) is 1.13. The molecule has 1 aromatic heterocycles. The van der Waals surface area contributed by atoms with Gasteiger partial charge in [0.1, 0.15) is 0 Å². The highest BCUT2D eigenvalue weighted by atomic mass is 35.5. The Morgan fingerprint density at radius 1 is 1.29 bits per heavy atom. The summed E-state index contributed by atoms with van der Waals surface area (Å²) >= 11 is 5.99. The molecule has 1 aromatic carbocycles. The van der Waals surface area contributed by atoms with Crippen molar-refractivity contribution in [1.82, 2.24) is 9.55 Å². The highest BCUT2D eigenvalue weighted by Gasteiger charge is 1.92. The van der Waals surface area contributed by atoms with E-state index < -0.39 is 0 Å². The summed E-state index contributed by atoms with van der Waals surface area (Å²) in [5, 5.41) is 0.754. The molecule has 2 rings (SSSR count). The van der Waals surface area contributed by atoms with Crippen LogP contribution in [0.3, 0.4) is 0 Å². The van der Waals surface area contributed by atoms with Gasteiger partial charge in [0.15, 0.2) is 0 Å². The molecule has 0 N–H and O–H groups in total. The van der Waals surface area contributed by atoms with Crippen molar-refractivity contribution in [3.63, 3.8) is 0 Å². The van der Waals surface area contributed by atoms with Crippen LogP contribution in [0.2, 0.25) is 5.02 Å². The van der Waals surface area contributed by atoms with Crippen molar-refractivity contribution in [2.45, 2.75) is 0 Å². The maximum Gasteiger partial charge on any atom is 0.0986 e. The molecule has 0 bridgehead atoms. The molecule has 2 aromatic rings. The minimum Gasteiger partial charge on any atom is -0.313 e. The Kier molecular flexibility index (Phi) is 2.65. The second kappa shape index (κ2) is 4.11. The quantitative estimate of drug-likeness (QED) is 0.735. The maximum absolute atomic E-state index is 5.99. The Morgan fingerprint density at radius 2 is 2.14 bits per heavy atom. The number of aromatic nitrogens is 2. The lowest BCUT2D eigenvalue weighted by Crippen LogP contribution is -1.79. The smallest absolute Gasteiger partial charge is 0.0986 e. The minimum atomic E-state index is 0.754. The fourth-order valence-corrected chi connectivity index (χ4v) is 1.33. The second-order valence-corrected chi connectivity index (χ2v) is 3.25. The van der Waals surface area contributed by atoms with Gasteiger partial charge < -0.3 is 4.57 Å². The number of imidazole rings is 1. The lowest BCUT2D eigenvalue weighted by atomic mass is 10.2. The van der Waals surface area contributed by atoms with Gasteiger partial charge in [-0.1, -0.05) is 29.8 Å². The molecular weight excluding hydrogens is 196 g/mol. The zero-order valence-electron chi connectivity index (χ0n) is 7.47. The molecule has 0 aliphatic heterocycles. The molecule has 0 unspecified atom stereocenters. The van der Waals surface area contributed by atoms with Gasteiger partial charge in [0.05, 0.1) is 6.33 Å². The van der Waals surface area contributed by atoms with Gasteiger partial charge in [0.25, 0.3) is 0 Å². The van der Waals surface area contributed by atoms with Gasteiger partial charge in [-0.15, -0.1) is 0 Å². The molecule has 3 heteroatoms. The van der Waals surface area contributed by atoms with Crippen LogP contribution in [0.4, 0.5) is 0 Å². The monoisotopic (exact) mass is 204 g/mol. The molecule has 0 aliphatic rings. The first-order valence-corrected chi connectivity index (χ1v) is 4.64. The van der Waals surface area contributed by atoms with E-state index in [0.717, 1.165) is 10.6 Å². The van der Waals surface area contributed by atoms with Gasteiger partial charge in [-0.05, 0) is 17.7 Å². The van der Waals surface area contributed by atoms with Crippen LogP contribution in [-0.4, -0.2) is 9.55 Å². The Hall–Kier alpha value is -1.54. The topological polar surface area (TPSA) is 17.8 Å². The first kappa shape index (κ1) is 9.03. The Labute approximate surface area is 87.5 Å². The summed E-state index contributed by atoms with van der Waals surface area (Å²) in [6, 6.07) is 7.71. The minimum absolute atomic E-state index is 0.754. The highest BCUT2D eigenvalue weighted by molar-refractivity contribution is 6.32. The highest BCUT2D eigenvalue weighted by Crippen LogP contribution is 2.16. The maximum atomic E-state index is 5.99. The average molecular weight is 205 g/mol. The largest absolute Gasteiger partial charge is 0.313 e. The Morgan fingerprint density at radius 3 is 2.86 bits per heavy atom. The zero-order chi connectivity index (χ0) is 9.80. The number of nitrogens with zero attached hydrogens (tertiary/aromatic N) is 2. The van der Waals surface area contributed by atoms with E-state index in [2.05, 4.69) is 4.98 Å². The van der Waals surface area contributed by atoms with Crippen LogP contribution >= 0.6 is 11.6 Å². The molecule has 0 spiro atoms. The van der Waals surface area contributed by atoms with E-state index in [0.29, 0.717) is 0 Å².